The number of hydrogen-bond acceptors (Lipinski definition) is 4. The van der Waals surface area contributed by atoms with E-state index >= 15 is 0 Å². The van der Waals surface area contributed by atoms with Crippen LogP contribution in [-0.4, -0.2) is 35.6 Å². The minimum Gasteiger partial charge on any atom is -0.321 e. The molecule has 1 fully saturated rings. The molecule has 2 aromatic rings. The minimum absolute atomic E-state index is 0.0552. The number of aromatic nitrogens is 2. The van der Waals surface area contributed by atoms with Crippen molar-refractivity contribution < 1.29 is 13.2 Å². The van der Waals surface area contributed by atoms with Crippen LogP contribution in [0, 0.1) is 6.92 Å². The molecule has 6 nitrogen and oxygen atoms in total. The lowest BCUT2D eigenvalue weighted by Gasteiger charge is -2.12. The van der Waals surface area contributed by atoms with Gasteiger partial charge in [-0.15, -0.1) is 0 Å². The van der Waals surface area contributed by atoms with E-state index in [1.165, 1.54) is 6.20 Å². The molecule has 1 N–H and O–H groups in total. The zero-order valence-electron chi connectivity index (χ0n) is 12.8. The second kappa shape index (κ2) is 6.38. The van der Waals surface area contributed by atoms with E-state index in [-0.39, 0.29) is 23.5 Å². The normalized spacial score (nSPS) is 19.4. The Morgan fingerprint density at radius 2 is 2.12 bits per heavy atom. The molecular weight excluding hydrogens is 373 g/mol. The second-order valence-electron chi connectivity index (χ2n) is 5.72. The van der Waals surface area contributed by atoms with E-state index in [2.05, 4.69) is 10.4 Å². The summed E-state index contributed by atoms with van der Waals surface area (Å²) in [4.78, 5) is 12.5. The maximum atomic E-state index is 12.5. The molecule has 0 radical (unpaired) electrons. The molecule has 24 heavy (non-hydrogen) atoms. The predicted octanol–water partition coefficient (Wildman–Crippen LogP) is 3.11. The molecule has 1 unspecified atom stereocenters. The molecule has 1 amide bonds. The monoisotopic (exact) mass is 387 g/mol. The lowest BCUT2D eigenvalue weighted by molar-refractivity contribution is 0.102. The molecule has 1 aromatic carbocycles. The van der Waals surface area contributed by atoms with Crippen LogP contribution >= 0.6 is 23.2 Å². The summed E-state index contributed by atoms with van der Waals surface area (Å²) in [6.07, 6.45) is 1.95. The van der Waals surface area contributed by atoms with Crippen LogP contribution in [0.25, 0.3) is 0 Å². The molecule has 2 heterocycles. The molecule has 3 rings (SSSR count). The lowest BCUT2D eigenvalue weighted by Crippen LogP contribution is -2.16. The highest BCUT2D eigenvalue weighted by molar-refractivity contribution is 7.91. The van der Waals surface area contributed by atoms with E-state index in [4.69, 9.17) is 23.2 Å². The molecule has 9 heteroatoms. The molecule has 1 aliphatic heterocycles. The highest BCUT2D eigenvalue weighted by Crippen LogP contribution is 2.28. The number of carbonyl (C=O) groups excluding carboxylic acids is 1. The van der Waals surface area contributed by atoms with Gasteiger partial charge < -0.3 is 5.32 Å². The van der Waals surface area contributed by atoms with Gasteiger partial charge >= 0.3 is 0 Å². The molecule has 0 aliphatic carbocycles. The van der Waals surface area contributed by atoms with Gasteiger partial charge in [-0.25, -0.2) is 8.42 Å². The Bertz CT molecular complexity index is 909. The summed E-state index contributed by atoms with van der Waals surface area (Å²) in [6.45, 7) is 1.75. The zero-order valence-corrected chi connectivity index (χ0v) is 15.1. The van der Waals surface area contributed by atoms with Crippen LogP contribution in [0.5, 0.6) is 0 Å². The molecule has 0 bridgehead atoms. The van der Waals surface area contributed by atoms with Crippen molar-refractivity contribution in [1.82, 2.24) is 9.78 Å². The number of hydrogen-bond donors (Lipinski definition) is 1. The maximum absolute atomic E-state index is 12.5. The van der Waals surface area contributed by atoms with Crippen LogP contribution in [0.3, 0.4) is 0 Å². The first-order valence-corrected chi connectivity index (χ1v) is 9.85. The number of anilines is 1. The first-order chi connectivity index (χ1) is 11.3. The van der Waals surface area contributed by atoms with Gasteiger partial charge in [0, 0.05) is 10.7 Å². The second-order valence-corrected chi connectivity index (χ2v) is 8.80. The van der Waals surface area contributed by atoms with Crippen LogP contribution in [0.15, 0.2) is 24.4 Å². The van der Waals surface area contributed by atoms with Crippen LogP contribution in [0.4, 0.5) is 5.69 Å². The topological polar surface area (TPSA) is 81.1 Å². The Morgan fingerprint density at radius 3 is 2.75 bits per heavy atom. The third-order valence-electron chi connectivity index (χ3n) is 4.02. The first-order valence-electron chi connectivity index (χ1n) is 7.28. The van der Waals surface area contributed by atoms with Crippen LogP contribution in [0.2, 0.25) is 10.0 Å². The number of benzene rings is 1. The summed E-state index contributed by atoms with van der Waals surface area (Å²) >= 11 is 11.9. The van der Waals surface area contributed by atoms with E-state index < -0.39 is 9.84 Å². The molecular formula is C15H15Cl2N3O3S. The quantitative estimate of drug-likeness (QED) is 0.876. The summed E-state index contributed by atoms with van der Waals surface area (Å²) in [7, 11) is -3.02. The highest BCUT2D eigenvalue weighted by Gasteiger charge is 2.31. The van der Waals surface area contributed by atoms with Crippen LogP contribution in [-0.2, 0) is 9.84 Å². The molecule has 0 saturated carbocycles. The van der Waals surface area contributed by atoms with Crippen LogP contribution < -0.4 is 5.32 Å². The van der Waals surface area contributed by atoms with Crippen molar-refractivity contribution in [1.29, 1.82) is 0 Å². The third-order valence-corrected chi connectivity index (χ3v) is 6.32. The average molecular weight is 388 g/mol. The standard InChI is InChI=1S/C15H15Cl2N3O3S/c1-9-12(7-18-20(9)11-4-5-24(22,23)8-11)15(21)19-14-3-2-10(16)6-13(14)17/h2-3,6-7,11H,4-5,8H2,1H3,(H,19,21). The van der Waals surface area contributed by atoms with E-state index in [9.17, 15) is 13.2 Å². The van der Waals surface area contributed by atoms with Gasteiger partial charge in [-0.2, -0.15) is 5.10 Å². The lowest BCUT2D eigenvalue weighted by atomic mass is 10.2. The fraction of sp³-hybridized carbons (Fsp3) is 0.333. The van der Waals surface area contributed by atoms with Gasteiger partial charge in [0.2, 0.25) is 0 Å². The fourth-order valence-corrected chi connectivity index (χ4v) is 4.91. The van der Waals surface area contributed by atoms with Gasteiger partial charge in [-0.05, 0) is 31.5 Å². The van der Waals surface area contributed by atoms with Crippen molar-refractivity contribution in [3.8, 4) is 0 Å². The number of nitrogens with one attached hydrogen (secondary N) is 1. The van der Waals surface area contributed by atoms with Gasteiger partial charge in [-0.1, -0.05) is 23.2 Å². The van der Waals surface area contributed by atoms with E-state index in [0.717, 1.165) is 0 Å². The molecule has 1 atom stereocenters. The molecule has 1 aromatic heterocycles. The summed E-state index contributed by atoms with van der Waals surface area (Å²) in [5.74, 6) is -0.151. The molecule has 128 valence electrons. The zero-order chi connectivity index (χ0) is 17.5. The predicted molar refractivity (Wildman–Crippen MR) is 93.7 cm³/mol. The van der Waals surface area contributed by atoms with Crippen LogP contribution in [0.1, 0.15) is 28.5 Å². The minimum atomic E-state index is -3.02. The Labute approximate surface area is 149 Å². The van der Waals surface area contributed by atoms with Crippen molar-refractivity contribution in [3.63, 3.8) is 0 Å². The largest absolute Gasteiger partial charge is 0.321 e. The van der Waals surface area contributed by atoms with Crippen molar-refractivity contribution in [2.24, 2.45) is 0 Å². The van der Waals surface area contributed by atoms with E-state index in [0.29, 0.717) is 33.4 Å². The smallest absolute Gasteiger partial charge is 0.259 e. The third kappa shape index (κ3) is 3.43. The van der Waals surface area contributed by atoms with Crippen molar-refractivity contribution in [2.75, 3.05) is 16.8 Å². The van der Waals surface area contributed by atoms with Gasteiger partial charge in [0.05, 0.1) is 40.0 Å². The van der Waals surface area contributed by atoms with Gasteiger partial charge in [-0.3, -0.25) is 9.48 Å². The van der Waals surface area contributed by atoms with E-state index in [1.807, 2.05) is 0 Å². The van der Waals surface area contributed by atoms with Crippen molar-refractivity contribution in [3.05, 3.63) is 45.7 Å². The summed E-state index contributed by atoms with van der Waals surface area (Å²) in [5.41, 5.74) is 1.45. The molecule has 0 spiro atoms. The van der Waals surface area contributed by atoms with Gasteiger partial charge in [0.1, 0.15) is 0 Å². The van der Waals surface area contributed by atoms with E-state index in [1.54, 1.807) is 29.8 Å². The summed E-state index contributed by atoms with van der Waals surface area (Å²) in [5, 5.41) is 7.73. The number of nitrogens with zero attached hydrogens (tertiary/aromatic N) is 2. The Kier molecular flexibility index (Phi) is 4.59. The fourth-order valence-electron chi connectivity index (χ4n) is 2.76. The molecule has 1 saturated heterocycles. The van der Waals surface area contributed by atoms with Gasteiger partial charge in [0.15, 0.2) is 9.84 Å². The average Bonchev–Trinajstić information content (AvgIpc) is 3.04. The Balaban J connectivity index is 1.81. The highest BCUT2D eigenvalue weighted by atomic mass is 35.5. The first kappa shape index (κ1) is 17.3. The van der Waals surface area contributed by atoms with Crippen molar-refractivity contribution >= 4 is 44.6 Å². The number of sulfone groups is 1. The Hall–Kier alpha value is -1.57. The maximum Gasteiger partial charge on any atom is 0.259 e. The van der Waals surface area contributed by atoms with Crippen molar-refractivity contribution in [2.45, 2.75) is 19.4 Å². The number of carbonyl (C=O) groups is 1. The summed E-state index contributed by atoms with van der Waals surface area (Å²) < 4.78 is 24.9. The number of halogens is 2. The van der Waals surface area contributed by atoms with Gasteiger partial charge in [0.25, 0.3) is 5.91 Å². The summed E-state index contributed by atoms with van der Waals surface area (Å²) in [6, 6.07) is 4.56. The Morgan fingerprint density at radius 1 is 1.38 bits per heavy atom. The SMILES string of the molecule is Cc1c(C(=O)Nc2ccc(Cl)cc2Cl)cnn1C1CCS(=O)(=O)C1. The number of rotatable bonds is 3. The number of amides is 1. The molecule has 1 aliphatic rings.